The van der Waals surface area contributed by atoms with Gasteiger partial charge in [-0.2, -0.15) is 9.97 Å². The van der Waals surface area contributed by atoms with Crippen LogP contribution in [-0.4, -0.2) is 24.1 Å². The Labute approximate surface area is 669 Å². The maximum atomic E-state index is 5.41. The molecule has 0 amide bonds. The molecular formula is C111H69N5. The molecule has 538 valence electrons. The van der Waals surface area contributed by atoms with E-state index in [-0.39, 0.29) is 0 Å². The summed E-state index contributed by atoms with van der Waals surface area (Å²) in [7, 11) is 0. The molecule has 5 heteroatoms. The van der Waals surface area contributed by atoms with E-state index < -0.39 is 0 Å². The molecule has 5 nitrogen and oxygen atoms in total. The number of rotatable bonds is 12. The smallest absolute Gasteiger partial charge is 0.238 e. The molecule has 20 aromatic carbocycles. The van der Waals surface area contributed by atoms with E-state index >= 15 is 0 Å². The Hall–Kier alpha value is -15.4. The fraction of sp³-hybridized carbons (Fsp3) is 0. The van der Waals surface area contributed by atoms with Gasteiger partial charge in [0, 0.05) is 38.4 Å². The van der Waals surface area contributed by atoms with Crippen LogP contribution < -0.4 is 0 Å². The van der Waals surface area contributed by atoms with Crippen molar-refractivity contribution in [3.63, 3.8) is 0 Å². The van der Waals surface area contributed by atoms with Crippen molar-refractivity contribution in [1.29, 1.82) is 0 Å². The van der Waals surface area contributed by atoms with Crippen LogP contribution >= 0.6 is 0 Å². The van der Waals surface area contributed by atoms with E-state index in [4.69, 9.17) is 15.0 Å². The van der Waals surface area contributed by atoms with Gasteiger partial charge in [-0.05, 0) is 245 Å². The second-order valence-electron chi connectivity index (χ2n) is 30.5. The van der Waals surface area contributed by atoms with Crippen LogP contribution in [0.15, 0.2) is 419 Å². The molecule has 0 N–H and O–H groups in total. The topological polar surface area (TPSA) is 48.5 Å². The summed E-state index contributed by atoms with van der Waals surface area (Å²) in [5, 5.41) is 19.1. The van der Waals surface area contributed by atoms with Crippen molar-refractivity contribution in [2.45, 2.75) is 0 Å². The third kappa shape index (κ3) is 11.2. The molecule has 0 saturated carbocycles. The van der Waals surface area contributed by atoms with Gasteiger partial charge in [0.2, 0.25) is 5.95 Å². The summed E-state index contributed by atoms with van der Waals surface area (Å²) in [5.74, 6) is 1.73. The average Bonchev–Trinajstić information content (AvgIpc) is 1.54. The summed E-state index contributed by atoms with van der Waals surface area (Å²) in [6, 6.07) is 154. The van der Waals surface area contributed by atoms with Gasteiger partial charge in [0.15, 0.2) is 11.6 Å². The second-order valence-corrected chi connectivity index (χ2v) is 30.5. The van der Waals surface area contributed by atoms with Crippen LogP contribution in [0.25, 0.3) is 232 Å². The molecular weight excluding hydrogens is 1400 g/mol. The Balaban J connectivity index is 0.708. The van der Waals surface area contributed by atoms with Gasteiger partial charge in [0.1, 0.15) is 0 Å². The zero-order chi connectivity index (χ0) is 76.3. The number of hydrogen-bond acceptors (Lipinski definition) is 3. The zero-order valence-corrected chi connectivity index (χ0v) is 63.1. The Morgan fingerprint density at radius 2 is 0.466 bits per heavy atom. The van der Waals surface area contributed by atoms with Crippen molar-refractivity contribution >= 4 is 108 Å². The van der Waals surface area contributed by atoms with Gasteiger partial charge < -0.3 is 4.57 Å². The maximum absolute atomic E-state index is 5.41. The molecule has 0 unspecified atom stereocenters. The molecule has 0 spiro atoms. The van der Waals surface area contributed by atoms with Crippen molar-refractivity contribution in [2.24, 2.45) is 0 Å². The third-order valence-electron chi connectivity index (χ3n) is 23.9. The fourth-order valence-electron chi connectivity index (χ4n) is 18.4. The molecule has 0 radical (unpaired) electrons. The molecule has 0 atom stereocenters. The Bertz CT molecular complexity index is 7870. The maximum Gasteiger partial charge on any atom is 0.238 e. The standard InChI is InChI=1S/C111H69N5/c1-4-27-74(28-5-1)109-112-110(75-29-6-2-7-30-75)114-111(113-109)116-107-59-50-77(76-35-18-36-81(61-76)93-55-56-97(95-45-21-33-72-25-12-16-41-89(72)95)98-54-48-83(68-99(93)98)92-44-20-32-71-24-11-15-40-88(71)92)64-103(107)104-66-79(51-60-108(104)116)78-49-57-105-101(65-78)102-67-80(52-58-106(102)115(105)86-37-8-3-9-38-86)84-63-85-62-82(91-43-19-31-70-23-10-14-39-87(70)91)47-53-94(85)100(69-84)96-46-22-34-73-26-13-17-42-90(73)96/h1-69H. The number of fused-ring (bicyclic) bond motifs is 12. The van der Waals surface area contributed by atoms with Gasteiger partial charge in [-0.1, -0.05) is 328 Å². The summed E-state index contributed by atoms with van der Waals surface area (Å²) in [6.45, 7) is 0. The van der Waals surface area contributed by atoms with E-state index in [0.717, 1.165) is 94.0 Å². The number of aromatic nitrogens is 5. The predicted molar refractivity (Wildman–Crippen MR) is 488 cm³/mol. The lowest BCUT2D eigenvalue weighted by atomic mass is 9.87. The first-order valence-electron chi connectivity index (χ1n) is 39.8. The van der Waals surface area contributed by atoms with Crippen LogP contribution in [-0.2, 0) is 0 Å². The van der Waals surface area contributed by atoms with Crippen LogP contribution in [0.4, 0.5) is 0 Å². The third-order valence-corrected chi connectivity index (χ3v) is 23.9. The molecule has 0 fully saturated rings. The van der Waals surface area contributed by atoms with E-state index in [2.05, 4.69) is 391 Å². The minimum atomic E-state index is 0.536. The molecule has 0 aliphatic rings. The summed E-state index contributed by atoms with van der Waals surface area (Å²) < 4.78 is 4.67. The minimum absolute atomic E-state index is 0.536. The van der Waals surface area contributed by atoms with Gasteiger partial charge in [0.25, 0.3) is 0 Å². The molecule has 0 bridgehead atoms. The van der Waals surface area contributed by atoms with Gasteiger partial charge in [0.05, 0.1) is 22.1 Å². The molecule has 116 heavy (non-hydrogen) atoms. The van der Waals surface area contributed by atoms with Gasteiger partial charge >= 0.3 is 0 Å². The highest BCUT2D eigenvalue weighted by atomic mass is 15.2. The van der Waals surface area contributed by atoms with Crippen LogP contribution in [0.1, 0.15) is 0 Å². The van der Waals surface area contributed by atoms with Crippen LogP contribution in [0.5, 0.6) is 0 Å². The van der Waals surface area contributed by atoms with Gasteiger partial charge in [-0.25, -0.2) is 4.98 Å². The number of hydrogen-bond donors (Lipinski definition) is 0. The van der Waals surface area contributed by atoms with Crippen molar-refractivity contribution in [1.82, 2.24) is 24.1 Å². The first-order chi connectivity index (χ1) is 57.5. The highest BCUT2D eigenvalue weighted by molar-refractivity contribution is 6.17. The molecule has 0 aliphatic carbocycles. The first kappa shape index (κ1) is 66.4. The van der Waals surface area contributed by atoms with Crippen molar-refractivity contribution in [2.75, 3.05) is 0 Å². The Morgan fingerprint density at radius 3 is 0.983 bits per heavy atom. The molecule has 23 rings (SSSR count). The molecule has 3 aromatic heterocycles. The van der Waals surface area contributed by atoms with E-state index in [9.17, 15) is 0 Å². The van der Waals surface area contributed by atoms with Crippen LogP contribution in [0.3, 0.4) is 0 Å². The Kier molecular flexibility index (Phi) is 15.6. The zero-order valence-electron chi connectivity index (χ0n) is 63.1. The van der Waals surface area contributed by atoms with Crippen molar-refractivity contribution < 1.29 is 0 Å². The molecule has 23 aromatic rings. The summed E-state index contributed by atoms with van der Waals surface area (Å²) >= 11 is 0. The van der Waals surface area contributed by atoms with E-state index in [1.807, 2.05) is 36.4 Å². The van der Waals surface area contributed by atoms with E-state index in [1.165, 1.54) is 120 Å². The van der Waals surface area contributed by atoms with Crippen LogP contribution in [0.2, 0.25) is 0 Å². The lowest BCUT2D eigenvalue weighted by Gasteiger charge is -2.16. The van der Waals surface area contributed by atoms with E-state index in [0.29, 0.717) is 17.6 Å². The SMILES string of the molecule is c1ccc(-c2nc(-c3ccccc3)nc(-n3c4ccc(-c5cccc(-c6ccc(-c7cccc8ccccc78)c7ccc(-c8cccc9ccccc89)cc67)c5)cc4c4cc(-c5ccc6c(c5)c5cc(-c7cc(-c8cccc9ccccc89)c8ccc(-c9cccc%10ccccc9%10)cc8c7)ccc5n6-c5ccccc5)ccc43)n2)cc1. The van der Waals surface area contributed by atoms with Crippen molar-refractivity contribution in [3.05, 3.63) is 419 Å². The Morgan fingerprint density at radius 1 is 0.147 bits per heavy atom. The largest absolute Gasteiger partial charge is 0.309 e. The highest BCUT2D eigenvalue weighted by Crippen LogP contribution is 2.47. The average molecular weight is 1470 g/mol. The number of para-hydroxylation sites is 1. The lowest BCUT2D eigenvalue weighted by Crippen LogP contribution is -2.06. The summed E-state index contributed by atoms with van der Waals surface area (Å²) in [5.41, 5.74) is 25.8. The van der Waals surface area contributed by atoms with Crippen molar-refractivity contribution in [3.8, 4) is 123 Å². The van der Waals surface area contributed by atoms with Gasteiger partial charge in [-0.3, -0.25) is 4.57 Å². The highest BCUT2D eigenvalue weighted by Gasteiger charge is 2.24. The summed E-state index contributed by atoms with van der Waals surface area (Å²) in [4.78, 5) is 16.0. The molecule has 0 aliphatic heterocycles. The number of nitrogens with zero attached hydrogens (tertiary/aromatic N) is 5. The first-order valence-corrected chi connectivity index (χ1v) is 39.8. The van der Waals surface area contributed by atoms with Gasteiger partial charge in [-0.15, -0.1) is 0 Å². The normalized spacial score (nSPS) is 11.8. The monoisotopic (exact) mass is 1470 g/mol. The molecule has 3 heterocycles. The minimum Gasteiger partial charge on any atom is -0.309 e. The summed E-state index contributed by atoms with van der Waals surface area (Å²) in [6.07, 6.45) is 0. The molecule has 0 saturated heterocycles. The predicted octanol–water partition coefficient (Wildman–Crippen LogP) is 29.7. The lowest BCUT2D eigenvalue weighted by molar-refractivity contribution is 0.953. The fourth-order valence-corrected chi connectivity index (χ4v) is 18.4. The van der Waals surface area contributed by atoms with E-state index in [1.54, 1.807) is 0 Å². The van der Waals surface area contributed by atoms with Crippen LogP contribution in [0, 0.1) is 0 Å². The quantitative estimate of drug-likeness (QED) is 0.122. The second kappa shape index (κ2) is 27.2. The number of benzene rings is 20.